The standard InChI is InChI=1S/C14H20ClN3OS/c1-2-12-9-11(10-13(15)17-12)14(19)16-3-4-18-5-7-20-8-6-18/h9-10H,2-8H2,1H3,(H,16,19). The quantitative estimate of drug-likeness (QED) is 0.845. The first-order valence-corrected chi connectivity index (χ1v) is 8.47. The molecule has 0 aromatic carbocycles. The third-order valence-corrected chi connectivity index (χ3v) is 4.42. The van der Waals surface area contributed by atoms with Crippen LogP contribution in [0.2, 0.25) is 5.15 Å². The van der Waals surface area contributed by atoms with Gasteiger partial charge in [-0.1, -0.05) is 18.5 Å². The monoisotopic (exact) mass is 313 g/mol. The molecule has 0 aliphatic carbocycles. The highest BCUT2D eigenvalue weighted by Gasteiger charge is 2.12. The number of carbonyl (C=O) groups excluding carboxylic acids is 1. The smallest absolute Gasteiger partial charge is 0.251 e. The average molecular weight is 314 g/mol. The summed E-state index contributed by atoms with van der Waals surface area (Å²) in [5, 5.41) is 3.33. The Labute approximate surface area is 129 Å². The van der Waals surface area contributed by atoms with Crippen LogP contribution >= 0.6 is 23.4 Å². The molecule has 6 heteroatoms. The van der Waals surface area contributed by atoms with Gasteiger partial charge in [-0.25, -0.2) is 4.98 Å². The van der Waals surface area contributed by atoms with Crippen LogP contribution in [0.15, 0.2) is 12.1 Å². The number of aromatic nitrogens is 1. The van der Waals surface area contributed by atoms with Crippen molar-refractivity contribution in [3.05, 3.63) is 28.5 Å². The van der Waals surface area contributed by atoms with Crippen molar-refractivity contribution in [2.24, 2.45) is 0 Å². The Bertz CT molecular complexity index is 464. The topological polar surface area (TPSA) is 45.2 Å². The number of hydrogen-bond donors (Lipinski definition) is 1. The van der Waals surface area contributed by atoms with E-state index in [1.54, 1.807) is 12.1 Å². The predicted molar refractivity (Wildman–Crippen MR) is 84.7 cm³/mol. The van der Waals surface area contributed by atoms with E-state index in [0.717, 1.165) is 31.7 Å². The molecule has 1 aliphatic heterocycles. The largest absolute Gasteiger partial charge is 0.351 e. The average Bonchev–Trinajstić information content (AvgIpc) is 2.47. The number of halogens is 1. The highest BCUT2D eigenvalue weighted by molar-refractivity contribution is 7.99. The Morgan fingerprint density at radius 2 is 2.20 bits per heavy atom. The van der Waals surface area contributed by atoms with E-state index >= 15 is 0 Å². The fraction of sp³-hybridized carbons (Fsp3) is 0.571. The van der Waals surface area contributed by atoms with Crippen molar-refractivity contribution in [1.82, 2.24) is 15.2 Å². The molecule has 1 fully saturated rings. The zero-order valence-electron chi connectivity index (χ0n) is 11.7. The summed E-state index contributed by atoms with van der Waals surface area (Å²) < 4.78 is 0. The normalized spacial score (nSPS) is 16.1. The van der Waals surface area contributed by atoms with Crippen LogP contribution in [0.1, 0.15) is 23.0 Å². The van der Waals surface area contributed by atoms with Crippen molar-refractivity contribution in [3.8, 4) is 0 Å². The summed E-state index contributed by atoms with van der Waals surface area (Å²) in [5.41, 5.74) is 1.44. The lowest BCUT2D eigenvalue weighted by atomic mass is 10.2. The molecule has 0 radical (unpaired) electrons. The highest BCUT2D eigenvalue weighted by atomic mass is 35.5. The zero-order chi connectivity index (χ0) is 14.4. The summed E-state index contributed by atoms with van der Waals surface area (Å²) in [4.78, 5) is 18.6. The number of nitrogens with zero attached hydrogens (tertiary/aromatic N) is 2. The number of hydrogen-bond acceptors (Lipinski definition) is 4. The summed E-state index contributed by atoms with van der Waals surface area (Å²) in [5.74, 6) is 2.30. The fourth-order valence-corrected chi connectivity index (χ4v) is 3.32. The lowest BCUT2D eigenvalue weighted by molar-refractivity contribution is 0.0948. The molecule has 1 N–H and O–H groups in total. The molecule has 110 valence electrons. The van der Waals surface area contributed by atoms with E-state index in [1.807, 2.05) is 18.7 Å². The van der Waals surface area contributed by atoms with Crippen LogP contribution in [0, 0.1) is 0 Å². The van der Waals surface area contributed by atoms with Gasteiger partial charge >= 0.3 is 0 Å². The maximum atomic E-state index is 12.1. The van der Waals surface area contributed by atoms with Gasteiger partial charge in [0.2, 0.25) is 0 Å². The Kier molecular flexibility index (Phi) is 6.13. The first-order chi connectivity index (χ1) is 9.69. The van der Waals surface area contributed by atoms with Crippen molar-refractivity contribution in [2.75, 3.05) is 37.7 Å². The van der Waals surface area contributed by atoms with Gasteiger partial charge in [-0.2, -0.15) is 11.8 Å². The van der Waals surface area contributed by atoms with Gasteiger partial charge in [-0.15, -0.1) is 0 Å². The molecule has 1 amide bonds. The number of rotatable bonds is 5. The number of carbonyl (C=O) groups is 1. The van der Waals surface area contributed by atoms with Gasteiger partial charge in [-0.05, 0) is 18.6 Å². The summed E-state index contributed by atoms with van der Waals surface area (Å²) >= 11 is 7.92. The minimum atomic E-state index is -0.0737. The van der Waals surface area contributed by atoms with E-state index in [0.29, 0.717) is 17.3 Å². The van der Waals surface area contributed by atoms with E-state index in [4.69, 9.17) is 11.6 Å². The molecule has 2 rings (SSSR count). The molecule has 0 unspecified atom stereocenters. The van der Waals surface area contributed by atoms with Crippen LogP contribution in [0.3, 0.4) is 0 Å². The number of nitrogens with one attached hydrogen (secondary N) is 1. The molecule has 1 saturated heterocycles. The van der Waals surface area contributed by atoms with Crippen LogP contribution in [0.5, 0.6) is 0 Å². The number of pyridine rings is 1. The maximum absolute atomic E-state index is 12.1. The molecular weight excluding hydrogens is 294 g/mol. The second kappa shape index (κ2) is 7.86. The number of thioether (sulfide) groups is 1. The molecule has 0 atom stereocenters. The molecule has 1 aliphatic rings. The number of aryl methyl sites for hydroxylation is 1. The Morgan fingerprint density at radius 1 is 1.45 bits per heavy atom. The SMILES string of the molecule is CCc1cc(C(=O)NCCN2CCSCC2)cc(Cl)n1. The van der Waals surface area contributed by atoms with Crippen molar-refractivity contribution >= 4 is 29.3 Å². The molecule has 1 aromatic heterocycles. The third-order valence-electron chi connectivity index (χ3n) is 3.29. The molecule has 0 saturated carbocycles. The molecule has 2 heterocycles. The van der Waals surface area contributed by atoms with E-state index in [2.05, 4.69) is 15.2 Å². The van der Waals surface area contributed by atoms with E-state index < -0.39 is 0 Å². The van der Waals surface area contributed by atoms with E-state index in [-0.39, 0.29) is 5.91 Å². The second-order valence-electron chi connectivity index (χ2n) is 4.73. The van der Waals surface area contributed by atoms with Gasteiger partial charge in [0.25, 0.3) is 5.91 Å². The van der Waals surface area contributed by atoms with Crippen molar-refractivity contribution in [2.45, 2.75) is 13.3 Å². The first-order valence-electron chi connectivity index (χ1n) is 6.94. The molecule has 4 nitrogen and oxygen atoms in total. The molecule has 0 bridgehead atoms. The minimum Gasteiger partial charge on any atom is -0.351 e. The highest BCUT2D eigenvalue weighted by Crippen LogP contribution is 2.11. The number of amides is 1. The van der Waals surface area contributed by atoms with Gasteiger partial charge in [0.05, 0.1) is 0 Å². The minimum absolute atomic E-state index is 0.0737. The van der Waals surface area contributed by atoms with Gasteiger partial charge < -0.3 is 5.32 Å². The second-order valence-corrected chi connectivity index (χ2v) is 6.35. The van der Waals surface area contributed by atoms with Gasteiger partial charge in [0.1, 0.15) is 5.15 Å². The van der Waals surface area contributed by atoms with Crippen molar-refractivity contribution in [3.63, 3.8) is 0 Å². The third kappa shape index (κ3) is 4.65. The lowest BCUT2D eigenvalue weighted by Crippen LogP contribution is -2.39. The Balaban J connectivity index is 1.83. The fourth-order valence-electron chi connectivity index (χ4n) is 2.12. The first kappa shape index (κ1) is 15.6. The van der Waals surface area contributed by atoms with Crippen molar-refractivity contribution in [1.29, 1.82) is 0 Å². The van der Waals surface area contributed by atoms with Gasteiger partial charge in [0, 0.05) is 48.9 Å². The summed E-state index contributed by atoms with van der Waals surface area (Å²) in [6.07, 6.45) is 0.770. The Hall–Kier alpha value is -0.780. The zero-order valence-corrected chi connectivity index (χ0v) is 13.3. The van der Waals surface area contributed by atoms with E-state index in [9.17, 15) is 4.79 Å². The van der Waals surface area contributed by atoms with E-state index in [1.165, 1.54) is 11.5 Å². The Morgan fingerprint density at radius 3 is 2.90 bits per heavy atom. The van der Waals surface area contributed by atoms with Crippen LogP contribution in [-0.2, 0) is 6.42 Å². The molecule has 1 aromatic rings. The van der Waals surface area contributed by atoms with Crippen molar-refractivity contribution < 1.29 is 4.79 Å². The molecular formula is C14H20ClN3OS. The van der Waals surface area contributed by atoms with Gasteiger partial charge in [-0.3, -0.25) is 9.69 Å². The predicted octanol–water partition coefficient (Wildman–Crippen LogP) is 2.08. The van der Waals surface area contributed by atoms with Crippen LogP contribution in [0.25, 0.3) is 0 Å². The molecule has 0 spiro atoms. The maximum Gasteiger partial charge on any atom is 0.251 e. The summed E-state index contributed by atoms with van der Waals surface area (Å²) in [6.45, 7) is 5.80. The lowest BCUT2D eigenvalue weighted by Gasteiger charge is -2.26. The van der Waals surface area contributed by atoms with Gasteiger partial charge in [0.15, 0.2) is 0 Å². The van der Waals surface area contributed by atoms with Crippen LogP contribution < -0.4 is 5.32 Å². The summed E-state index contributed by atoms with van der Waals surface area (Å²) in [6, 6.07) is 3.42. The van der Waals surface area contributed by atoms with Crippen LogP contribution in [0.4, 0.5) is 0 Å². The van der Waals surface area contributed by atoms with Crippen LogP contribution in [-0.4, -0.2) is 53.5 Å². The molecule has 20 heavy (non-hydrogen) atoms. The summed E-state index contributed by atoms with van der Waals surface area (Å²) in [7, 11) is 0.